The standard InChI is InChI=1S/C17H15Cl2N7/c18-13-5-3-7-15(16(13)19)26-17(22-23-24-26)21-10-12-4-1-2-6-14(12)25-9-8-20-11-25/h1-7,11H,8-10H2,(H,21,22,24). The normalized spacial score (nSPS) is 13.4. The molecule has 3 aromatic rings. The quantitative estimate of drug-likeness (QED) is 0.725. The lowest BCUT2D eigenvalue weighted by Crippen LogP contribution is -2.20. The van der Waals surface area contributed by atoms with Crippen molar-refractivity contribution in [3.05, 3.63) is 58.1 Å². The number of tetrazole rings is 1. The van der Waals surface area contributed by atoms with Crippen LogP contribution in [-0.4, -0.2) is 39.6 Å². The van der Waals surface area contributed by atoms with Crippen LogP contribution in [0.1, 0.15) is 5.56 Å². The second-order valence-corrected chi connectivity index (χ2v) is 6.47. The van der Waals surface area contributed by atoms with E-state index >= 15 is 0 Å². The van der Waals surface area contributed by atoms with Crippen LogP contribution in [0.3, 0.4) is 0 Å². The summed E-state index contributed by atoms with van der Waals surface area (Å²) in [5.74, 6) is 0.485. The van der Waals surface area contributed by atoms with Crippen molar-refractivity contribution in [3.63, 3.8) is 0 Å². The lowest BCUT2D eigenvalue weighted by atomic mass is 10.1. The van der Waals surface area contributed by atoms with Crippen LogP contribution in [0.15, 0.2) is 47.5 Å². The monoisotopic (exact) mass is 387 g/mol. The van der Waals surface area contributed by atoms with Gasteiger partial charge in [0.1, 0.15) is 0 Å². The van der Waals surface area contributed by atoms with Crippen molar-refractivity contribution in [2.24, 2.45) is 4.99 Å². The van der Waals surface area contributed by atoms with Crippen molar-refractivity contribution in [3.8, 4) is 5.69 Å². The Morgan fingerprint density at radius 1 is 1.04 bits per heavy atom. The number of halogens is 2. The number of para-hydroxylation sites is 1. The molecule has 0 saturated carbocycles. The molecule has 0 atom stereocenters. The summed E-state index contributed by atoms with van der Waals surface area (Å²) in [4.78, 5) is 6.41. The Labute approximate surface area is 160 Å². The number of anilines is 2. The molecule has 0 radical (unpaired) electrons. The summed E-state index contributed by atoms with van der Waals surface area (Å²) >= 11 is 12.4. The van der Waals surface area contributed by atoms with Gasteiger partial charge in [0, 0.05) is 18.8 Å². The minimum Gasteiger partial charge on any atom is -0.349 e. The fraction of sp³-hybridized carbons (Fsp3) is 0.176. The number of aliphatic imine (C=N–C) groups is 1. The van der Waals surface area contributed by atoms with E-state index in [2.05, 4.69) is 42.9 Å². The van der Waals surface area contributed by atoms with Crippen LogP contribution in [0, 0.1) is 0 Å². The second kappa shape index (κ2) is 7.31. The Hall–Kier alpha value is -2.64. The number of nitrogens with one attached hydrogen (secondary N) is 1. The van der Waals surface area contributed by atoms with Crippen molar-refractivity contribution in [1.82, 2.24) is 20.2 Å². The molecule has 9 heteroatoms. The van der Waals surface area contributed by atoms with Gasteiger partial charge >= 0.3 is 0 Å². The number of rotatable bonds is 5. The summed E-state index contributed by atoms with van der Waals surface area (Å²) in [6.45, 7) is 2.25. The van der Waals surface area contributed by atoms with Crippen LogP contribution in [0.5, 0.6) is 0 Å². The lowest BCUT2D eigenvalue weighted by molar-refractivity contribution is 0.789. The van der Waals surface area contributed by atoms with E-state index in [4.69, 9.17) is 23.2 Å². The first kappa shape index (κ1) is 16.8. The SMILES string of the molecule is Clc1cccc(-n2nnnc2NCc2ccccc2N2C=NCC2)c1Cl. The third-order valence-corrected chi connectivity index (χ3v) is 4.87. The first-order valence-corrected chi connectivity index (χ1v) is 8.81. The summed E-state index contributed by atoms with van der Waals surface area (Å²) in [7, 11) is 0. The Bertz CT molecular complexity index is 954. The predicted molar refractivity (Wildman–Crippen MR) is 104 cm³/mol. The zero-order valence-corrected chi connectivity index (χ0v) is 15.2. The molecular formula is C17H15Cl2N7. The molecule has 7 nitrogen and oxygen atoms in total. The van der Waals surface area contributed by atoms with Gasteiger partial charge in [-0.25, -0.2) is 0 Å². The zero-order chi connectivity index (χ0) is 17.9. The van der Waals surface area contributed by atoms with Gasteiger partial charge in [0.05, 0.1) is 28.6 Å². The zero-order valence-electron chi connectivity index (χ0n) is 13.7. The fourth-order valence-corrected chi connectivity index (χ4v) is 3.17. The lowest BCUT2D eigenvalue weighted by Gasteiger charge is -2.18. The predicted octanol–water partition coefficient (Wildman–Crippen LogP) is 3.43. The van der Waals surface area contributed by atoms with E-state index in [0.717, 1.165) is 24.3 Å². The van der Waals surface area contributed by atoms with Gasteiger partial charge in [-0.1, -0.05) is 52.6 Å². The highest BCUT2D eigenvalue weighted by atomic mass is 35.5. The van der Waals surface area contributed by atoms with Crippen molar-refractivity contribution in [1.29, 1.82) is 0 Å². The molecule has 132 valence electrons. The van der Waals surface area contributed by atoms with E-state index in [-0.39, 0.29) is 0 Å². The molecule has 4 rings (SSSR count). The largest absolute Gasteiger partial charge is 0.349 e. The van der Waals surface area contributed by atoms with Crippen molar-refractivity contribution < 1.29 is 0 Å². The van der Waals surface area contributed by atoms with E-state index in [9.17, 15) is 0 Å². The Kier molecular flexibility index (Phi) is 4.73. The molecule has 1 aliphatic heterocycles. The maximum atomic E-state index is 6.29. The summed E-state index contributed by atoms with van der Waals surface area (Å²) in [6.07, 6.45) is 1.87. The molecule has 0 spiro atoms. The topological polar surface area (TPSA) is 71.2 Å². The van der Waals surface area contributed by atoms with E-state index in [1.807, 2.05) is 24.5 Å². The molecule has 0 amide bonds. The van der Waals surface area contributed by atoms with Crippen LogP contribution in [-0.2, 0) is 6.54 Å². The minimum absolute atomic E-state index is 0.401. The molecule has 1 aromatic heterocycles. The highest BCUT2D eigenvalue weighted by Gasteiger charge is 2.15. The summed E-state index contributed by atoms with van der Waals surface area (Å²) < 4.78 is 1.54. The van der Waals surface area contributed by atoms with Crippen LogP contribution < -0.4 is 10.2 Å². The minimum atomic E-state index is 0.401. The molecule has 26 heavy (non-hydrogen) atoms. The molecule has 0 unspecified atom stereocenters. The Morgan fingerprint density at radius 3 is 2.73 bits per heavy atom. The van der Waals surface area contributed by atoms with E-state index in [1.165, 1.54) is 4.68 Å². The van der Waals surface area contributed by atoms with Crippen LogP contribution in [0.2, 0.25) is 10.0 Å². The average Bonchev–Trinajstić information content (AvgIpc) is 3.34. The Morgan fingerprint density at radius 2 is 1.88 bits per heavy atom. The first-order valence-electron chi connectivity index (χ1n) is 8.05. The first-order chi connectivity index (χ1) is 12.7. The number of hydrogen-bond donors (Lipinski definition) is 1. The molecule has 0 aliphatic carbocycles. The number of hydrogen-bond acceptors (Lipinski definition) is 6. The van der Waals surface area contributed by atoms with Crippen molar-refractivity contribution in [2.75, 3.05) is 23.3 Å². The summed E-state index contributed by atoms with van der Waals surface area (Å²) in [5.41, 5.74) is 2.85. The van der Waals surface area contributed by atoms with Crippen molar-refractivity contribution >= 4 is 41.2 Å². The van der Waals surface area contributed by atoms with E-state index in [1.54, 1.807) is 12.1 Å². The summed E-state index contributed by atoms with van der Waals surface area (Å²) in [6, 6.07) is 13.5. The molecule has 1 aliphatic rings. The molecule has 0 saturated heterocycles. The maximum absolute atomic E-state index is 6.29. The van der Waals surface area contributed by atoms with Gasteiger partial charge in [-0.15, -0.1) is 0 Å². The molecule has 0 fully saturated rings. The van der Waals surface area contributed by atoms with Gasteiger partial charge in [0.2, 0.25) is 5.95 Å². The number of aromatic nitrogens is 4. The number of nitrogens with zero attached hydrogens (tertiary/aromatic N) is 6. The molecule has 1 N–H and O–H groups in total. The van der Waals surface area contributed by atoms with Gasteiger partial charge in [-0.2, -0.15) is 4.68 Å². The van der Waals surface area contributed by atoms with E-state index < -0.39 is 0 Å². The molecular weight excluding hydrogens is 373 g/mol. The van der Waals surface area contributed by atoms with Gasteiger partial charge in [-0.05, 0) is 34.2 Å². The molecule has 2 heterocycles. The van der Waals surface area contributed by atoms with Gasteiger partial charge < -0.3 is 10.2 Å². The highest BCUT2D eigenvalue weighted by Crippen LogP contribution is 2.29. The van der Waals surface area contributed by atoms with Crippen molar-refractivity contribution in [2.45, 2.75) is 6.54 Å². The van der Waals surface area contributed by atoms with Gasteiger partial charge in [0.15, 0.2) is 0 Å². The average molecular weight is 388 g/mol. The van der Waals surface area contributed by atoms with E-state index in [0.29, 0.717) is 28.2 Å². The van der Waals surface area contributed by atoms with Crippen LogP contribution in [0.25, 0.3) is 5.69 Å². The van der Waals surface area contributed by atoms with Gasteiger partial charge in [0.25, 0.3) is 0 Å². The second-order valence-electron chi connectivity index (χ2n) is 5.68. The van der Waals surface area contributed by atoms with Crippen LogP contribution >= 0.6 is 23.2 Å². The third-order valence-electron chi connectivity index (χ3n) is 4.06. The highest BCUT2D eigenvalue weighted by molar-refractivity contribution is 6.43. The smallest absolute Gasteiger partial charge is 0.248 e. The fourth-order valence-electron chi connectivity index (χ4n) is 2.79. The molecule has 0 bridgehead atoms. The maximum Gasteiger partial charge on any atom is 0.248 e. The Balaban J connectivity index is 1.58. The third kappa shape index (κ3) is 3.23. The van der Waals surface area contributed by atoms with Crippen LogP contribution in [0.4, 0.5) is 11.6 Å². The summed E-state index contributed by atoms with van der Waals surface area (Å²) in [5, 5.41) is 15.9. The van der Waals surface area contributed by atoms with Gasteiger partial charge in [-0.3, -0.25) is 4.99 Å². The molecule has 2 aromatic carbocycles. The number of benzene rings is 2.